The Morgan fingerprint density at radius 2 is 1.76 bits per heavy atom. The number of halogens is 3. The normalized spacial score (nSPS) is 37.9. The van der Waals surface area contributed by atoms with Crippen molar-refractivity contribution < 1.29 is 9.53 Å². The summed E-state index contributed by atoms with van der Waals surface area (Å²) in [6.45, 7) is 14.9. The molecule has 0 spiro atoms. The third kappa shape index (κ3) is 6.04. The fourth-order valence-corrected chi connectivity index (χ4v) is 10.1. The van der Waals surface area contributed by atoms with Crippen LogP contribution in [0.3, 0.4) is 0 Å². The number of carbonyl (C=O) groups is 1. The molecule has 0 aromatic heterocycles. The standard InChI is InChI=1S/C33H51Cl3O2/c1-7-22(20(2)3)9-8-21(4)26-12-13-27-25-11-10-23-18-24(38-30(37)19-29(34)31(35)36)14-16-32(23,5)28(25)15-17-33(26,27)6/h10,20-22,24-28H,7-9,11-19H2,1-6H3/t21-,22+,24+,25?,26-,27?,28?,32+,33-/m1/s1. The van der Waals surface area contributed by atoms with Crippen molar-refractivity contribution in [2.75, 3.05) is 0 Å². The SMILES string of the molecule is CC[C@@H](CC[C@@H](C)[C@H]1CCC2C3CC=C4C[C@@H](OC(=O)CC(Cl)=C(Cl)Cl)CC[C@]4(C)C3CC[C@@]21C)C(C)C. The van der Waals surface area contributed by atoms with Gasteiger partial charge in [-0.15, -0.1) is 0 Å². The average Bonchev–Trinajstić information content (AvgIpc) is 3.21. The quantitative estimate of drug-likeness (QED) is 0.199. The summed E-state index contributed by atoms with van der Waals surface area (Å²) in [4.78, 5) is 12.4. The number of esters is 1. The minimum atomic E-state index is -0.338. The van der Waals surface area contributed by atoms with E-state index in [1.807, 2.05) is 0 Å². The van der Waals surface area contributed by atoms with Crippen molar-refractivity contribution in [2.45, 2.75) is 125 Å². The highest BCUT2D eigenvalue weighted by Gasteiger charge is 2.59. The van der Waals surface area contributed by atoms with Crippen LogP contribution in [-0.4, -0.2) is 12.1 Å². The molecule has 0 radical (unpaired) electrons. The van der Waals surface area contributed by atoms with Crippen LogP contribution in [0.2, 0.25) is 0 Å². The van der Waals surface area contributed by atoms with Gasteiger partial charge >= 0.3 is 5.97 Å². The van der Waals surface area contributed by atoms with Crippen molar-refractivity contribution in [3.05, 3.63) is 21.2 Å². The van der Waals surface area contributed by atoms with E-state index in [2.05, 4.69) is 47.6 Å². The van der Waals surface area contributed by atoms with Crippen molar-refractivity contribution >= 4 is 40.8 Å². The molecule has 0 bridgehead atoms. The Hall–Kier alpha value is -0.180. The zero-order chi connectivity index (χ0) is 27.8. The first-order chi connectivity index (χ1) is 17.9. The molecular weight excluding hydrogens is 535 g/mol. The summed E-state index contributed by atoms with van der Waals surface area (Å²) in [6, 6.07) is 0. The van der Waals surface area contributed by atoms with E-state index in [-0.39, 0.29) is 33.4 Å². The summed E-state index contributed by atoms with van der Waals surface area (Å²) < 4.78 is 5.75. The number of fused-ring (bicyclic) bond motifs is 5. The first-order valence-electron chi connectivity index (χ1n) is 15.5. The lowest BCUT2D eigenvalue weighted by Crippen LogP contribution is -2.51. The third-order valence-electron chi connectivity index (χ3n) is 12.1. The first kappa shape index (κ1) is 30.8. The summed E-state index contributed by atoms with van der Waals surface area (Å²) in [5, 5.41) is 0.151. The second-order valence-electron chi connectivity index (χ2n) is 14.2. The van der Waals surface area contributed by atoms with E-state index < -0.39 is 0 Å². The van der Waals surface area contributed by atoms with Gasteiger partial charge in [-0.05, 0) is 104 Å². The molecule has 4 rings (SSSR count). The van der Waals surface area contributed by atoms with E-state index >= 15 is 0 Å². The van der Waals surface area contributed by atoms with Gasteiger partial charge in [-0.1, -0.05) is 101 Å². The fourth-order valence-electron chi connectivity index (χ4n) is 9.81. The van der Waals surface area contributed by atoms with Crippen LogP contribution in [0.5, 0.6) is 0 Å². The molecule has 0 aromatic carbocycles. The molecule has 2 nitrogen and oxygen atoms in total. The molecule has 0 amide bonds. The predicted molar refractivity (Wildman–Crippen MR) is 161 cm³/mol. The first-order valence-corrected chi connectivity index (χ1v) is 16.6. The number of allylic oxidation sites excluding steroid dienone is 1. The smallest absolute Gasteiger partial charge is 0.311 e. The van der Waals surface area contributed by atoms with Crippen LogP contribution in [0.4, 0.5) is 0 Å². The minimum absolute atomic E-state index is 0.0577. The van der Waals surface area contributed by atoms with E-state index in [1.54, 1.807) is 0 Å². The highest BCUT2D eigenvalue weighted by atomic mass is 35.5. The van der Waals surface area contributed by atoms with Crippen LogP contribution >= 0.6 is 34.8 Å². The molecule has 9 atom stereocenters. The number of carbonyl (C=O) groups excluding carboxylic acids is 1. The van der Waals surface area contributed by atoms with Crippen molar-refractivity contribution in [3.63, 3.8) is 0 Å². The molecule has 38 heavy (non-hydrogen) atoms. The van der Waals surface area contributed by atoms with Gasteiger partial charge in [-0.2, -0.15) is 0 Å². The van der Waals surface area contributed by atoms with Crippen LogP contribution < -0.4 is 0 Å². The summed E-state index contributed by atoms with van der Waals surface area (Å²) in [5.74, 6) is 5.50. The molecule has 4 aliphatic carbocycles. The van der Waals surface area contributed by atoms with Gasteiger partial charge in [0.2, 0.25) is 0 Å². The van der Waals surface area contributed by atoms with Gasteiger partial charge < -0.3 is 4.74 Å². The maximum atomic E-state index is 12.4. The monoisotopic (exact) mass is 584 g/mol. The second kappa shape index (κ2) is 12.4. The molecule has 0 aliphatic heterocycles. The Bertz CT molecular complexity index is 921. The van der Waals surface area contributed by atoms with Crippen LogP contribution in [0.15, 0.2) is 21.2 Å². The van der Waals surface area contributed by atoms with Gasteiger partial charge in [0.05, 0.1) is 11.5 Å². The van der Waals surface area contributed by atoms with Crippen molar-refractivity contribution in [3.8, 4) is 0 Å². The van der Waals surface area contributed by atoms with Gasteiger partial charge in [0.15, 0.2) is 0 Å². The molecule has 0 saturated heterocycles. The highest BCUT2D eigenvalue weighted by molar-refractivity contribution is 6.59. The molecular formula is C33H51Cl3O2. The largest absolute Gasteiger partial charge is 0.462 e. The lowest BCUT2D eigenvalue weighted by molar-refractivity contribution is -0.150. The van der Waals surface area contributed by atoms with Gasteiger partial charge in [0.25, 0.3) is 0 Å². The molecule has 216 valence electrons. The number of hydrogen-bond donors (Lipinski definition) is 0. The number of rotatable bonds is 9. The Balaban J connectivity index is 1.41. The zero-order valence-corrected chi connectivity index (χ0v) is 26.9. The van der Waals surface area contributed by atoms with Crippen molar-refractivity contribution in [1.29, 1.82) is 0 Å². The summed E-state index contributed by atoms with van der Waals surface area (Å²) >= 11 is 17.4. The van der Waals surface area contributed by atoms with E-state index in [0.29, 0.717) is 5.41 Å². The maximum Gasteiger partial charge on any atom is 0.311 e. The Labute approximate surface area is 247 Å². The predicted octanol–water partition coefficient (Wildman–Crippen LogP) is 10.9. The molecule has 0 heterocycles. The van der Waals surface area contributed by atoms with E-state index in [9.17, 15) is 4.79 Å². The van der Waals surface area contributed by atoms with Crippen molar-refractivity contribution in [2.24, 2.45) is 52.3 Å². The van der Waals surface area contributed by atoms with Gasteiger partial charge in [0.1, 0.15) is 10.6 Å². The number of hydrogen-bond acceptors (Lipinski definition) is 2. The topological polar surface area (TPSA) is 26.3 Å². The lowest BCUT2D eigenvalue weighted by Gasteiger charge is -2.58. The summed E-state index contributed by atoms with van der Waals surface area (Å²) in [6.07, 6.45) is 16.2. The van der Waals surface area contributed by atoms with Crippen LogP contribution in [0, 0.1) is 52.3 Å². The molecule has 5 heteroatoms. The zero-order valence-electron chi connectivity index (χ0n) is 24.6. The second-order valence-corrected chi connectivity index (χ2v) is 15.6. The van der Waals surface area contributed by atoms with E-state index in [0.717, 1.165) is 60.7 Å². The molecule has 4 aliphatic rings. The molecule has 0 N–H and O–H groups in total. The van der Waals surface area contributed by atoms with Gasteiger partial charge in [-0.25, -0.2) is 0 Å². The maximum absolute atomic E-state index is 12.4. The Morgan fingerprint density at radius 1 is 1.03 bits per heavy atom. The van der Waals surface area contributed by atoms with Crippen LogP contribution in [0.1, 0.15) is 119 Å². The summed E-state index contributed by atoms with van der Waals surface area (Å²) in [5.41, 5.74) is 2.29. The van der Waals surface area contributed by atoms with Crippen molar-refractivity contribution in [1.82, 2.24) is 0 Å². The molecule has 3 fully saturated rings. The minimum Gasteiger partial charge on any atom is -0.462 e. The van der Waals surface area contributed by atoms with E-state index in [4.69, 9.17) is 39.5 Å². The molecule has 0 aromatic rings. The van der Waals surface area contributed by atoms with Crippen LogP contribution in [-0.2, 0) is 9.53 Å². The fraction of sp³-hybridized carbons (Fsp3) is 0.848. The summed E-state index contributed by atoms with van der Waals surface area (Å²) in [7, 11) is 0. The molecule has 3 saturated carbocycles. The third-order valence-corrected chi connectivity index (χ3v) is 13.1. The average molecular weight is 586 g/mol. The number of ether oxygens (including phenoxy) is 1. The lowest BCUT2D eigenvalue weighted by atomic mass is 9.47. The van der Waals surface area contributed by atoms with Gasteiger partial charge in [-0.3, -0.25) is 4.79 Å². The Kier molecular flexibility index (Phi) is 10.0. The molecule has 3 unspecified atom stereocenters. The highest BCUT2D eigenvalue weighted by Crippen LogP contribution is 2.67. The Morgan fingerprint density at radius 3 is 2.42 bits per heavy atom. The van der Waals surface area contributed by atoms with Gasteiger partial charge in [0, 0.05) is 6.42 Å². The van der Waals surface area contributed by atoms with Crippen LogP contribution in [0.25, 0.3) is 0 Å². The van der Waals surface area contributed by atoms with E-state index in [1.165, 1.54) is 56.9 Å².